The third-order valence-corrected chi connectivity index (χ3v) is 4.92. The molecule has 0 unspecified atom stereocenters. The Bertz CT molecular complexity index is 887. The number of piperazine rings is 1. The van der Waals surface area contributed by atoms with E-state index in [2.05, 4.69) is 77.5 Å². The van der Waals surface area contributed by atoms with Gasteiger partial charge in [-0.05, 0) is 26.0 Å². The first-order valence-electron chi connectivity index (χ1n) is 9.95. The van der Waals surface area contributed by atoms with E-state index in [4.69, 9.17) is 9.97 Å². The maximum Gasteiger partial charge on any atom is 0.225 e. The van der Waals surface area contributed by atoms with Crippen LogP contribution < -0.4 is 15.1 Å². The van der Waals surface area contributed by atoms with Crippen LogP contribution in [0.2, 0.25) is 0 Å². The van der Waals surface area contributed by atoms with Crippen LogP contribution in [-0.2, 0) is 0 Å². The number of anilines is 3. The molecule has 28 heavy (non-hydrogen) atoms. The number of hydrogen-bond acceptors (Lipinski definition) is 5. The van der Waals surface area contributed by atoms with Crippen molar-refractivity contribution >= 4 is 17.5 Å². The lowest BCUT2D eigenvalue weighted by molar-refractivity contribution is 0.647. The van der Waals surface area contributed by atoms with Gasteiger partial charge in [-0.25, -0.2) is 4.98 Å². The van der Waals surface area contributed by atoms with E-state index in [1.54, 1.807) is 0 Å². The molecule has 0 bridgehead atoms. The van der Waals surface area contributed by atoms with Crippen molar-refractivity contribution < 1.29 is 0 Å². The summed E-state index contributed by atoms with van der Waals surface area (Å²) in [5.41, 5.74) is 3.36. The lowest BCUT2D eigenvalue weighted by Gasteiger charge is -2.37. The zero-order valence-corrected chi connectivity index (χ0v) is 16.5. The molecule has 2 heterocycles. The van der Waals surface area contributed by atoms with Gasteiger partial charge in [0.15, 0.2) is 0 Å². The molecule has 3 aromatic rings. The first-order chi connectivity index (χ1) is 13.7. The number of para-hydroxylation sites is 1. The summed E-state index contributed by atoms with van der Waals surface area (Å²) < 4.78 is 0. The molecule has 144 valence electrons. The quantitative estimate of drug-likeness (QED) is 0.723. The molecule has 0 radical (unpaired) electrons. The molecule has 0 aliphatic carbocycles. The van der Waals surface area contributed by atoms with Crippen LogP contribution in [0.4, 0.5) is 17.5 Å². The smallest absolute Gasteiger partial charge is 0.225 e. The Hall–Kier alpha value is -3.08. The van der Waals surface area contributed by atoms with Crippen LogP contribution in [0.5, 0.6) is 0 Å². The van der Waals surface area contributed by atoms with Gasteiger partial charge in [-0.3, -0.25) is 0 Å². The summed E-state index contributed by atoms with van der Waals surface area (Å²) in [5, 5.41) is 3.37. The van der Waals surface area contributed by atoms with Crippen LogP contribution in [0.3, 0.4) is 0 Å². The second kappa shape index (κ2) is 8.30. The molecule has 1 aliphatic rings. The topological polar surface area (TPSA) is 44.3 Å². The molecule has 2 aromatic carbocycles. The molecular formula is C23H27N5. The number of hydrogen-bond donors (Lipinski definition) is 1. The van der Waals surface area contributed by atoms with Crippen LogP contribution in [0.1, 0.15) is 13.8 Å². The van der Waals surface area contributed by atoms with Crippen molar-refractivity contribution in [3.63, 3.8) is 0 Å². The molecule has 0 atom stereocenters. The average molecular weight is 374 g/mol. The Kier molecular flexibility index (Phi) is 5.42. The van der Waals surface area contributed by atoms with Gasteiger partial charge in [-0.1, -0.05) is 48.5 Å². The maximum absolute atomic E-state index is 4.81. The summed E-state index contributed by atoms with van der Waals surface area (Å²) >= 11 is 0. The molecule has 5 heteroatoms. The Morgan fingerprint density at radius 3 is 2.04 bits per heavy atom. The number of nitrogens with one attached hydrogen (secondary N) is 1. The summed E-state index contributed by atoms with van der Waals surface area (Å²) in [6.07, 6.45) is 0. The van der Waals surface area contributed by atoms with E-state index in [-0.39, 0.29) is 6.04 Å². The monoisotopic (exact) mass is 373 g/mol. The fraction of sp³-hybridized carbons (Fsp3) is 0.304. The minimum atomic E-state index is 0.286. The van der Waals surface area contributed by atoms with Crippen molar-refractivity contribution in [2.75, 3.05) is 41.3 Å². The van der Waals surface area contributed by atoms with Gasteiger partial charge in [0.25, 0.3) is 0 Å². The molecule has 1 aliphatic heterocycles. The predicted octanol–water partition coefficient (Wildman–Crippen LogP) is 4.29. The van der Waals surface area contributed by atoms with Crippen molar-refractivity contribution in [3.05, 3.63) is 66.7 Å². The van der Waals surface area contributed by atoms with E-state index in [0.717, 1.165) is 43.3 Å². The molecule has 0 saturated carbocycles. The Balaban J connectivity index is 1.57. The van der Waals surface area contributed by atoms with Gasteiger partial charge >= 0.3 is 0 Å². The van der Waals surface area contributed by atoms with Crippen LogP contribution in [0.15, 0.2) is 66.7 Å². The van der Waals surface area contributed by atoms with Crippen LogP contribution in [0.25, 0.3) is 11.3 Å². The van der Waals surface area contributed by atoms with E-state index in [1.807, 2.05) is 18.2 Å². The van der Waals surface area contributed by atoms with E-state index >= 15 is 0 Å². The lowest BCUT2D eigenvalue weighted by Crippen LogP contribution is -2.46. The van der Waals surface area contributed by atoms with Crippen molar-refractivity contribution in [1.82, 2.24) is 9.97 Å². The summed E-state index contributed by atoms with van der Waals surface area (Å²) in [5.74, 6) is 1.68. The molecule has 4 rings (SSSR count). The van der Waals surface area contributed by atoms with Crippen LogP contribution in [-0.4, -0.2) is 42.2 Å². The van der Waals surface area contributed by atoms with Crippen molar-refractivity contribution in [2.45, 2.75) is 19.9 Å². The van der Waals surface area contributed by atoms with Crippen molar-refractivity contribution in [2.24, 2.45) is 0 Å². The number of rotatable bonds is 5. The highest BCUT2D eigenvalue weighted by Gasteiger charge is 2.20. The molecule has 1 N–H and O–H groups in total. The Morgan fingerprint density at radius 1 is 0.786 bits per heavy atom. The zero-order valence-electron chi connectivity index (χ0n) is 16.5. The van der Waals surface area contributed by atoms with Gasteiger partial charge < -0.3 is 15.1 Å². The largest absolute Gasteiger partial charge is 0.368 e. The maximum atomic E-state index is 4.81. The first kappa shape index (κ1) is 18.3. The van der Waals surface area contributed by atoms with Crippen molar-refractivity contribution in [3.8, 4) is 11.3 Å². The fourth-order valence-electron chi connectivity index (χ4n) is 3.51. The molecule has 1 aromatic heterocycles. The fourth-order valence-corrected chi connectivity index (χ4v) is 3.51. The van der Waals surface area contributed by atoms with Gasteiger partial charge in [0.05, 0.1) is 5.69 Å². The summed E-state index contributed by atoms with van der Waals surface area (Å²) in [7, 11) is 0. The first-order valence-corrected chi connectivity index (χ1v) is 9.95. The highest BCUT2D eigenvalue weighted by Crippen LogP contribution is 2.25. The van der Waals surface area contributed by atoms with Crippen LogP contribution >= 0.6 is 0 Å². The predicted molar refractivity (Wildman–Crippen MR) is 117 cm³/mol. The number of nitrogens with zero attached hydrogens (tertiary/aromatic N) is 4. The van der Waals surface area contributed by atoms with E-state index in [1.165, 1.54) is 5.69 Å². The minimum Gasteiger partial charge on any atom is -0.368 e. The molecular weight excluding hydrogens is 346 g/mol. The van der Waals surface area contributed by atoms with Gasteiger partial charge in [0.2, 0.25) is 5.95 Å². The molecule has 0 spiro atoms. The summed E-state index contributed by atoms with van der Waals surface area (Å²) in [6, 6.07) is 23.3. The lowest BCUT2D eigenvalue weighted by atomic mass is 10.1. The Morgan fingerprint density at radius 2 is 1.39 bits per heavy atom. The Labute approximate surface area is 167 Å². The SMILES string of the molecule is CC(C)Nc1nc(-c2ccccc2)cc(N2CCN(c3ccccc3)CC2)n1. The third kappa shape index (κ3) is 4.25. The standard InChI is InChI=1S/C23H27N5/c1-18(2)24-23-25-21(19-9-5-3-6-10-19)17-22(26-23)28-15-13-27(14-16-28)20-11-7-4-8-12-20/h3-12,17-18H,13-16H2,1-2H3,(H,24,25,26). The molecule has 1 fully saturated rings. The highest BCUT2D eigenvalue weighted by atomic mass is 15.3. The van der Waals surface area contributed by atoms with Gasteiger partial charge in [0, 0.05) is 49.5 Å². The van der Waals surface area contributed by atoms with E-state index in [9.17, 15) is 0 Å². The minimum absolute atomic E-state index is 0.286. The zero-order chi connectivity index (χ0) is 19.3. The molecule has 5 nitrogen and oxygen atoms in total. The summed E-state index contributed by atoms with van der Waals surface area (Å²) in [6.45, 7) is 8.08. The van der Waals surface area contributed by atoms with Crippen LogP contribution in [0, 0.1) is 0 Å². The number of benzene rings is 2. The third-order valence-electron chi connectivity index (χ3n) is 4.92. The van der Waals surface area contributed by atoms with E-state index in [0.29, 0.717) is 5.95 Å². The van der Waals surface area contributed by atoms with Gasteiger partial charge in [-0.2, -0.15) is 4.98 Å². The van der Waals surface area contributed by atoms with Gasteiger partial charge in [-0.15, -0.1) is 0 Å². The molecule has 0 amide bonds. The molecule has 1 saturated heterocycles. The number of aromatic nitrogens is 2. The normalized spacial score (nSPS) is 14.4. The van der Waals surface area contributed by atoms with Gasteiger partial charge in [0.1, 0.15) is 5.82 Å². The average Bonchev–Trinajstić information content (AvgIpc) is 2.74. The van der Waals surface area contributed by atoms with E-state index < -0.39 is 0 Å². The second-order valence-corrected chi connectivity index (χ2v) is 7.41. The summed E-state index contributed by atoms with van der Waals surface area (Å²) in [4.78, 5) is 14.3. The second-order valence-electron chi connectivity index (χ2n) is 7.41. The highest BCUT2D eigenvalue weighted by molar-refractivity contribution is 5.65. The van der Waals surface area contributed by atoms with Crippen molar-refractivity contribution in [1.29, 1.82) is 0 Å².